The van der Waals surface area contributed by atoms with Crippen LogP contribution in [0, 0.1) is 24.5 Å². The summed E-state index contributed by atoms with van der Waals surface area (Å²) in [4.78, 5) is 15.2. The molecule has 144 valence electrons. The number of aromatic nitrogens is 3. The number of pyridine rings is 1. The van der Waals surface area contributed by atoms with Crippen molar-refractivity contribution in [2.75, 3.05) is 29.9 Å². The highest BCUT2D eigenvalue weighted by molar-refractivity contribution is 5.56. The number of hydrogen-bond acceptors (Lipinski definition) is 5. The normalized spacial score (nSPS) is 16.4. The maximum absolute atomic E-state index is 13.5. The van der Waals surface area contributed by atoms with Crippen molar-refractivity contribution in [3.8, 4) is 11.4 Å². The van der Waals surface area contributed by atoms with Crippen molar-refractivity contribution >= 4 is 11.5 Å². The van der Waals surface area contributed by atoms with Gasteiger partial charge in [-0.3, -0.25) is 4.98 Å². The minimum absolute atomic E-state index is 0.396. The van der Waals surface area contributed by atoms with Crippen LogP contribution in [0.5, 0.6) is 0 Å². The van der Waals surface area contributed by atoms with Gasteiger partial charge in [0.1, 0.15) is 5.82 Å². The van der Waals surface area contributed by atoms with E-state index in [1.165, 1.54) is 12.1 Å². The fourth-order valence-electron chi connectivity index (χ4n) is 3.45. The number of nitrogens with zero attached hydrogens (tertiary/aromatic N) is 4. The van der Waals surface area contributed by atoms with Gasteiger partial charge in [-0.05, 0) is 43.5 Å². The SMILES string of the molecule is Cc1cc(NCC2CCN(c3ccc(F)c(F)c3)C2)nc(-c2ccncc2)n1. The van der Waals surface area contributed by atoms with Gasteiger partial charge >= 0.3 is 0 Å². The maximum atomic E-state index is 13.5. The minimum atomic E-state index is -0.815. The molecule has 0 bridgehead atoms. The third-order valence-electron chi connectivity index (χ3n) is 4.92. The van der Waals surface area contributed by atoms with Gasteiger partial charge in [-0.15, -0.1) is 0 Å². The number of aryl methyl sites for hydroxylation is 1. The summed E-state index contributed by atoms with van der Waals surface area (Å²) in [6.07, 6.45) is 4.42. The second-order valence-corrected chi connectivity index (χ2v) is 7.03. The van der Waals surface area contributed by atoms with Crippen LogP contribution in [0.4, 0.5) is 20.3 Å². The Kier molecular flexibility index (Phi) is 5.14. The fourth-order valence-corrected chi connectivity index (χ4v) is 3.45. The van der Waals surface area contributed by atoms with E-state index >= 15 is 0 Å². The summed E-state index contributed by atoms with van der Waals surface area (Å²) in [7, 11) is 0. The Morgan fingerprint density at radius 1 is 1.07 bits per heavy atom. The van der Waals surface area contributed by atoms with Crippen molar-refractivity contribution in [1.29, 1.82) is 0 Å². The first-order valence-electron chi connectivity index (χ1n) is 9.28. The molecule has 3 aromatic rings. The van der Waals surface area contributed by atoms with Gasteiger partial charge in [0.25, 0.3) is 0 Å². The van der Waals surface area contributed by atoms with Crippen LogP contribution in [0.2, 0.25) is 0 Å². The van der Waals surface area contributed by atoms with E-state index in [-0.39, 0.29) is 0 Å². The van der Waals surface area contributed by atoms with Crippen molar-refractivity contribution in [3.05, 3.63) is 66.1 Å². The van der Waals surface area contributed by atoms with Crippen LogP contribution in [0.1, 0.15) is 12.1 Å². The molecule has 1 fully saturated rings. The highest BCUT2D eigenvalue weighted by atomic mass is 19.2. The van der Waals surface area contributed by atoms with Gasteiger partial charge in [-0.25, -0.2) is 18.7 Å². The molecular weight excluding hydrogens is 360 g/mol. The molecule has 0 aliphatic carbocycles. The Morgan fingerprint density at radius 3 is 2.68 bits per heavy atom. The summed E-state index contributed by atoms with van der Waals surface area (Å²) < 4.78 is 26.6. The summed E-state index contributed by atoms with van der Waals surface area (Å²) in [5.74, 6) is 0.225. The zero-order valence-electron chi connectivity index (χ0n) is 15.6. The molecule has 1 aromatic carbocycles. The minimum Gasteiger partial charge on any atom is -0.371 e. The second-order valence-electron chi connectivity index (χ2n) is 7.03. The van der Waals surface area contributed by atoms with E-state index in [0.29, 0.717) is 11.7 Å². The van der Waals surface area contributed by atoms with E-state index in [9.17, 15) is 8.78 Å². The van der Waals surface area contributed by atoms with Gasteiger partial charge in [0, 0.05) is 61.1 Å². The van der Waals surface area contributed by atoms with Crippen molar-refractivity contribution in [2.24, 2.45) is 5.92 Å². The molecule has 4 rings (SSSR count). The largest absolute Gasteiger partial charge is 0.371 e. The van der Waals surface area contributed by atoms with Crippen molar-refractivity contribution in [3.63, 3.8) is 0 Å². The summed E-state index contributed by atoms with van der Waals surface area (Å²) >= 11 is 0. The average molecular weight is 381 g/mol. The molecule has 3 heterocycles. The van der Waals surface area contributed by atoms with E-state index in [1.807, 2.05) is 25.1 Å². The van der Waals surface area contributed by atoms with Gasteiger partial charge in [0.15, 0.2) is 17.5 Å². The lowest BCUT2D eigenvalue weighted by Crippen LogP contribution is -2.23. The first-order chi connectivity index (χ1) is 13.6. The predicted octanol–water partition coefficient (Wildman–Crippen LogP) is 4.06. The molecule has 1 atom stereocenters. The standard InChI is InChI=1S/C21H21F2N5/c1-14-10-20(27-21(26-14)16-4-7-24-8-5-16)25-12-15-6-9-28(13-15)17-2-3-18(22)19(23)11-17/h2-5,7-8,10-11,15H,6,9,12-13H2,1H3,(H,25,26,27). The van der Waals surface area contributed by atoms with Crippen LogP contribution in [0.15, 0.2) is 48.8 Å². The molecule has 0 amide bonds. The highest BCUT2D eigenvalue weighted by Gasteiger charge is 2.23. The van der Waals surface area contributed by atoms with Crippen LogP contribution in [0.3, 0.4) is 0 Å². The van der Waals surface area contributed by atoms with Gasteiger partial charge < -0.3 is 10.2 Å². The van der Waals surface area contributed by atoms with Gasteiger partial charge in [-0.1, -0.05) is 0 Å². The quantitative estimate of drug-likeness (QED) is 0.722. The Morgan fingerprint density at radius 2 is 1.89 bits per heavy atom. The van der Waals surface area contributed by atoms with Crippen LogP contribution in [-0.2, 0) is 0 Å². The van der Waals surface area contributed by atoms with Crippen LogP contribution in [-0.4, -0.2) is 34.6 Å². The molecule has 0 saturated carbocycles. The highest BCUT2D eigenvalue weighted by Crippen LogP contribution is 2.26. The van der Waals surface area contributed by atoms with E-state index in [4.69, 9.17) is 0 Å². The Balaban J connectivity index is 1.40. The van der Waals surface area contributed by atoms with Crippen LogP contribution in [0.25, 0.3) is 11.4 Å². The van der Waals surface area contributed by atoms with Crippen molar-refractivity contribution < 1.29 is 8.78 Å². The van der Waals surface area contributed by atoms with E-state index in [0.717, 1.165) is 48.8 Å². The first kappa shape index (κ1) is 18.3. The molecule has 5 nitrogen and oxygen atoms in total. The summed E-state index contributed by atoms with van der Waals surface area (Å²) in [5.41, 5.74) is 2.53. The molecule has 2 aromatic heterocycles. The monoisotopic (exact) mass is 381 g/mol. The topological polar surface area (TPSA) is 53.9 Å². The molecule has 1 aliphatic rings. The third-order valence-corrected chi connectivity index (χ3v) is 4.92. The summed E-state index contributed by atoms with van der Waals surface area (Å²) in [6.45, 7) is 4.31. The van der Waals surface area contributed by atoms with Crippen molar-refractivity contribution in [2.45, 2.75) is 13.3 Å². The number of halogens is 2. The average Bonchev–Trinajstić information content (AvgIpc) is 3.18. The zero-order chi connectivity index (χ0) is 19.5. The predicted molar refractivity (Wildman–Crippen MR) is 105 cm³/mol. The Bertz CT molecular complexity index is 964. The zero-order valence-corrected chi connectivity index (χ0v) is 15.6. The van der Waals surface area contributed by atoms with Gasteiger partial charge in [0.05, 0.1) is 0 Å². The lowest BCUT2D eigenvalue weighted by molar-refractivity contribution is 0.508. The third kappa shape index (κ3) is 4.08. The molecular formula is C21H21F2N5. The second kappa shape index (κ2) is 7.88. The lowest BCUT2D eigenvalue weighted by Gasteiger charge is -2.19. The van der Waals surface area contributed by atoms with Crippen LogP contribution >= 0.6 is 0 Å². The molecule has 0 radical (unpaired) electrons. The Hall–Kier alpha value is -3.09. The van der Waals surface area contributed by atoms with E-state index in [1.54, 1.807) is 18.5 Å². The van der Waals surface area contributed by atoms with Crippen molar-refractivity contribution in [1.82, 2.24) is 15.0 Å². The number of rotatable bonds is 5. The molecule has 7 heteroatoms. The fraction of sp³-hybridized carbons (Fsp3) is 0.286. The number of hydrogen-bond donors (Lipinski definition) is 1. The molecule has 28 heavy (non-hydrogen) atoms. The first-order valence-corrected chi connectivity index (χ1v) is 9.28. The summed E-state index contributed by atoms with van der Waals surface area (Å²) in [5, 5.41) is 3.40. The molecule has 0 spiro atoms. The maximum Gasteiger partial charge on any atom is 0.161 e. The summed E-state index contributed by atoms with van der Waals surface area (Å²) in [6, 6.07) is 9.76. The molecule has 1 aliphatic heterocycles. The number of benzene rings is 1. The lowest BCUT2D eigenvalue weighted by atomic mass is 10.1. The Labute approximate surface area is 162 Å². The van der Waals surface area contributed by atoms with E-state index in [2.05, 4.69) is 25.2 Å². The van der Waals surface area contributed by atoms with Gasteiger partial charge in [-0.2, -0.15) is 0 Å². The van der Waals surface area contributed by atoms with Crippen LogP contribution < -0.4 is 10.2 Å². The molecule has 1 N–H and O–H groups in total. The molecule has 1 unspecified atom stereocenters. The smallest absolute Gasteiger partial charge is 0.161 e. The number of anilines is 2. The number of nitrogens with one attached hydrogen (secondary N) is 1. The van der Waals surface area contributed by atoms with Gasteiger partial charge in [0.2, 0.25) is 0 Å². The molecule has 1 saturated heterocycles. The van der Waals surface area contributed by atoms with E-state index < -0.39 is 11.6 Å².